The zero-order valence-electron chi connectivity index (χ0n) is 19.9. The molecular weight excluding hydrogens is 462 g/mol. The van der Waals surface area contributed by atoms with Gasteiger partial charge in [0.25, 0.3) is 11.6 Å². The molecule has 186 valence electrons. The molecule has 2 aromatic carbocycles. The van der Waals surface area contributed by atoms with Gasteiger partial charge in [-0.1, -0.05) is 26.7 Å². The summed E-state index contributed by atoms with van der Waals surface area (Å²) in [6.07, 6.45) is 3.29. The van der Waals surface area contributed by atoms with Crippen LogP contribution in [0.25, 0.3) is 0 Å². The predicted molar refractivity (Wildman–Crippen MR) is 129 cm³/mol. The van der Waals surface area contributed by atoms with Crippen LogP contribution in [0.3, 0.4) is 0 Å². The summed E-state index contributed by atoms with van der Waals surface area (Å²) in [5.74, 6) is -0.453. The number of nitrogens with one attached hydrogen (secondary N) is 1. The fourth-order valence-corrected chi connectivity index (χ4v) is 4.80. The van der Waals surface area contributed by atoms with E-state index >= 15 is 0 Å². The summed E-state index contributed by atoms with van der Waals surface area (Å²) in [5, 5.41) is 14.0. The zero-order valence-corrected chi connectivity index (χ0v) is 20.7. The van der Waals surface area contributed by atoms with Gasteiger partial charge in [0.15, 0.2) is 11.5 Å². The molecule has 0 saturated heterocycles. The van der Waals surface area contributed by atoms with Crippen molar-refractivity contribution in [3.05, 3.63) is 52.1 Å². The number of nitro groups is 1. The van der Waals surface area contributed by atoms with Crippen molar-refractivity contribution < 1.29 is 27.6 Å². The first-order valence-electron chi connectivity index (χ1n) is 11.0. The van der Waals surface area contributed by atoms with Crippen LogP contribution in [0.4, 0.5) is 11.4 Å². The van der Waals surface area contributed by atoms with Gasteiger partial charge < -0.3 is 14.8 Å². The number of anilines is 1. The topological polar surface area (TPSA) is 128 Å². The van der Waals surface area contributed by atoms with Crippen LogP contribution < -0.4 is 14.8 Å². The van der Waals surface area contributed by atoms with Crippen LogP contribution >= 0.6 is 0 Å². The summed E-state index contributed by atoms with van der Waals surface area (Å²) >= 11 is 0. The van der Waals surface area contributed by atoms with Crippen LogP contribution in [0.15, 0.2) is 41.3 Å². The molecule has 0 heterocycles. The maximum Gasteiger partial charge on any atom is 0.286 e. The standard InChI is InChI=1S/C23H31N3O7S/c1-5-7-13-25(14-8-6-2)34(30,31)18-11-9-17(10-12-18)24-23(27)19-15-21(32-3)22(33-4)16-20(19)26(28)29/h9-12,15-16H,5-8,13-14H2,1-4H3,(H,24,27). The number of carbonyl (C=O) groups is 1. The number of sulfonamides is 1. The lowest BCUT2D eigenvalue weighted by Gasteiger charge is -2.22. The number of methoxy groups -OCH3 is 2. The maximum absolute atomic E-state index is 13.1. The van der Waals surface area contributed by atoms with E-state index in [1.807, 2.05) is 13.8 Å². The lowest BCUT2D eigenvalue weighted by molar-refractivity contribution is -0.385. The molecule has 0 aliphatic heterocycles. The van der Waals surface area contributed by atoms with Crippen molar-refractivity contribution in [1.82, 2.24) is 4.31 Å². The quantitative estimate of drug-likeness (QED) is 0.322. The van der Waals surface area contributed by atoms with Crippen molar-refractivity contribution >= 4 is 27.3 Å². The number of unbranched alkanes of at least 4 members (excludes halogenated alkanes) is 2. The Morgan fingerprint density at radius 2 is 1.53 bits per heavy atom. The SMILES string of the molecule is CCCCN(CCCC)S(=O)(=O)c1ccc(NC(=O)c2cc(OC)c(OC)cc2[N+](=O)[O-])cc1. The van der Waals surface area contributed by atoms with Crippen LogP contribution in [-0.2, 0) is 10.0 Å². The van der Waals surface area contributed by atoms with Gasteiger partial charge in [0.1, 0.15) is 5.56 Å². The molecule has 0 atom stereocenters. The monoisotopic (exact) mass is 493 g/mol. The van der Waals surface area contributed by atoms with Crippen LogP contribution in [-0.4, -0.2) is 50.9 Å². The first-order valence-corrected chi connectivity index (χ1v) is 12.5. The Hall–Kier alpha value is -3.18. The number of nitro benzene ring substituents is 1. The van der Waals surface area contributed by atoms with Gasteiger partial charge in [-0.2, -0.15) is 4.31 Å². The summed E-state index contributed by atoms with van der Waals surface area (Å²) in [6.45, 7) is 4.90. The molecule has 0 radical (unpaired) electrons. The van der Waals surface area contributed by atoms with Gasteiger partial charge in [-0.25, -0.2) is 8.42 Å². The molecule has 0 spiro atoms. The average Bonchev–Trinajstić information content (AvgIpc) is 2.83. The lowest BCUT2D eigenvalue weighted by Crippen LogP contribution is -2.33. The lowest BCUT2D eigenvalue weighted by atomic mass is 10.1. The smallest absolute Gasteiger partial charge is 0.286 e. The molecule has 11 heteroatoms. The van der Waals surface area contributed by atoms with Crippen LogP contribution in [0.2, 0.25) is 0 Å². The largest absolute Gasteiger partial charge is 0.493 e. The van der Waals surface area contributed by atoms with E-state index in [0.29, 0.717) is 18.8 Å². The summed E-state index contributed by atoms with van der Waals surface area (Å²) in [7, 11) is -0.985. The molecule has 0 aliphatic carbocycles. The van der Waals surface area contributed by atoms with Crippen molar-refractivity contribution in [3.63, 3.8) is 0 Å². The van der Waals surface area contributed by atoms with Crippen LogP contribution in [0.5, 0.6) is 11.5 Å². The minimum atomic E-state index is -3.68. The summed E-state index contributed by atoms with van der Waals surface area (Å²) in [6, 6.07) is 8.08. The minimum absolute atomic E-state index is 0.120. The number of ether oxygens (including phenoxy) is 2. The Kier molecular flexibility index (Phi) is 9.82. The first kappa shape index (κ1) is 27.1. The van der Waals surface area contributed by atoms with E-state index in [1.165, 1.54) is 48.9 Å². The van der Waals surface area contributed by atoms with Crippen molar-refractivity contribution in [3.8, 4) is 11.5 Å². The third-order valence-corrected chi connectivity index (χ3v) is 7.13. The number of nitrogens with zero attached hydrogens (tertiary/aromatic N) is 2. The highest BCUT2D eigenvalue weighted by Gasteiger charge is 2.26. The van der Waals surface area contributed by atoms with E-state index in [9.17, 15) is 23.3 Å². The number of amides is 1. The van der Waals surface area contributed by atoms with Crippen molar-refractivity contribution in [2.75, 3.05) is 32.6 Å². The van der Waals surface area contributed by atoms with Gasteiger partial charge >= 0.3 is 0 Å². The highest BCUT2D eigenvalue weighted by atomic mass is 32.2. The Labute approximate surface area is 200 Å². The molecule has 10 nitrogen and oxygen atoms in total. The molecule has 1 amide bonds. The third-order valence-electron chi connectivity index (χ3n) is 5.22. The molecule has 2 rings (SSSR count). The zero-order chi connectivity index (χ0) is 25.3. The maximum atomic E-state index is 13.1. The molecule has 1 N–H and O–H groups in total. The van der Waals surface area contributed by atoms with E-state index in [2.05, 4.69) is 5.32 Å². The van der Waals surface area contributed by atoms with Gasteiger partial charge in [-0.15, -0.1) is 0 Å². The van der Waals surface area contributed by atoms with E-state index in [4.69, 9.17) is 9.47 Å². The van der Waals surface area contributed by atoms with Gasteiger partial charge in [-0.05, 0) is 37.1 Å². The average molecular weight is 494 g/mol. The second-order valence-electron chi connectivity index (χ2n) is 7.57. The molecule has 0 fully saturated rings. The Bertz CT molecular complexity index is 1090. The predicted octanol–water partition coefficient (Wildman–Crippen LogP) is 4.46. The summed E-state index contributed by atoms with van der Waals surface area (Å²) < 4.78 is 37.9. The van der Waals surface area contributed by atoms with Crippen molar-refractivity contribution in [2.24, 2.45) is 0 Å². The van der Waals surface area contributed by atoms with Gasteiger partial charge in [0.05, 0.1) is 30.1 Å². The summed E-state index contributed by atoms with van der Waals surface area (Å²) in [5.41, 5.74) is -0.372. The summed E-state index contributed by atoms with van der Waals surface area (Å²) in [4.78, 5) is 23.7. The normalized spacial score (nSPS) is 11.3. The fraction of sp³-hybridized carbons (Fsp3) is 0.435. The fourth-order valence-electron chi connectivity index (χ4n) is 3.28. The van der Waals surface area contributed by atoms with Gasteiger partial charge in [-0.3, -0.25) is 14.9 Å². The molecule has 0 unspecified atom stereocenters. The molecule has 34 heavy (non-hydrogen) atoms. The van der Waals surface area contributed by atoms with Crippen molar-refractivity contribution in [2.45, 2.75) is 44.4 Å². The number of hydrogen-bond donors (Lipinski definition) is 1. The molecule has 0 bridgehead atoms. The van der Waals surface area contributed by atoms with Gasteiger partial charge in [0.2, 0.25) is 10.0 Å². The molecule has 0 aromatic heterocycles. The second kappa shape index (κ2) is 12.3. The highest BCUT2D eigenvalue weighted by Crippen LogP contribution is 2.35. The molecular formula is C23H31N3O7S. The third kappa shape index (κ3) is 6.45. The van der Waals surface area contributed by atoms with E-state index < -0.39 is 26.5 Å². The van der Waals surface area contributed by atoms with Crippen LogP contribution in [0.1, 0.15) is 49.9 Å². The number of carbonyl (C=O) groups excluding carboxylic acids is 1. The van der Waals surface area contributed by atoms with E-state index in [0.717, 1.165) is 31.7 Å². The Morgan fingerprint density at radius 3 is 2.00 bits per heavy atom. The first-order chi connectivity index (χ1) is 16.2. The molecule has 2 aromatic rings. The van der Waals surface area contributed by atoms with Crippen LogP contribution in [0, 0.1) is 10.1 Å². The Morgan fingerprint density at radius 1 is 1.00 bits per heavy atom. The number of rotatable bonds is 13. The minimum Gasteiger partial charge on any atom is -0.493 e. The Balaban J connectivity index is 2.29. The number of benzene rings is 2. The second-order valence-corrected chi connectivity index (χ2v) is 9.51. The number of hydrogen-bond acceptors (Lipinski definition) is 7. The highest BCUT2D eigenvalue weighted by molar-refractivity contribution is 7.89. The van der Waals surface area contributed by atoms with E-state index in [1.54, 1.807) is 0 Å². The van der Waals surface area contributed by atoms with Crippen molar-refractivity contribution in [1.29, 1.82) is 0 Å². The van der Waals surface area contributed by atoms with Gasteiger partial charge in [0, 0.05) is 24.8 Å². The molecule has 0 aliphatic rings. The van der Waals surface area contributed by atoms with E-state index in [-0.39, 0.29) is 22.0 Å². The molecule has 0 saturated carbocycles.